The summed E-state index contributed by atoms with van der Waals surface area (Å²) in [5.41, 5.74) is 0.902. The number of amides is 3. The van der Waals surface area contributed by atoms with Crippen LogP contribution < -0.4 is 0 Å². The van der Waals surface area contributed by atoms with Crippen LogP contribution in [0.15, 0.2) is 42.5 Å². The smallest absolute Gasteiger partial charge is 0.245 e. The van der Waals surface area contributed by atoms with Gasteiger partial charge in [-0.3, -0.25) is 19.3 Å². The molecule has 6 nitrogen and oxygen atoms in total. The highest BCUT2D eigenvalue weighted by Gasteiger charge is 2.51. The maximum absolute atomic E-state index is 13.6. The molecular formula is C26H34N2O4. The molecule has 4 rings (SSSR count). The molecule has 0 radical (unpaired) electrons. The molecule has 3 amide bonds. The molecule has 2 aliphatic heterocycles. The quantitative estimate of drug-likeness (QED) is 0.546. The van der Waals surface area contributed by atoms with Gasteiger partial charge in [-0.2, -0.15) is 0 Å². The minimum Gasteiger partial charge on any atom is -0.388 e. The van der Waals surface area contributed by atoms with Crippen LogP contribution in [-0.4, -0.2) is 51.8 Å². The van der Waals surface area contributed by atoms with Crippen molar-refractivity contribution in [3.8, 4) is 0 Å². The van der Waals surface area contributed by atoms with Crippen LogP contribution in [-0.2, 0) is 14.4 Å². The van der Waals surface area contributed by atoms with Gasteiger partial charge < -0.3 is 10.0 Å². The lowest BCUT2D eigenvalue weighted by atomic mass is 9.85. The number of piperidine rings is 1. The number of likely N-dealkylation sites (tertiary alicyclic amines) is 2. The zero-order valence-corrected chi connectivity index (χ0v) is 19.0. The van der Waals surface area contributed by atoms with Gasteiger partial charge in [0.15, 0.2) is 0 Å². The Labute approximate surface area is 190 Å². The highest BCUT2D eigenvalue weighted by molar-refractivity contribution is 6.08. The van der Waals surface area contributed by atoms with E-state index in [2.05, 4.69) is 0 Å². The summed E-state index contributed by atoms with van der Waals surface area (Å²) in [5.74, 6) is -0.852. The van der Waals surface area contributed by atoms with Crippen LogP contribution in [0, 0.1) is 23.7 Å². The Kier molecular flexibility index (Phi) is 6.79. The monoisotopic (exact) mass is 438 g/mol. The van der Waals surface area contributed by atoms with E-state index >= 15 is 0 Å². The van der Waals surface area contributed by atoms with E-state index in [1.807, 2.05) is 56.3 Å². The van der Waals surface area contributed by atoms with Crippen molar-refractivity contribution in [1.29, 1.82) is 0 Å². The van der Waals surface area contributed by atoms with Crippen LogP contribution in [0.5, 0.6) is 0 Å². The molecule has 6 heteroatoms. The molecule has 1 aromatic carbocycles. The number of nitrogens with zero attached hydrogens (tertiary/aromatic N) is 2. The van der Waals surface area contributed by atoms with Crippen LogP contribution in [0.25, 0.3) is 0 Å². The Morgan fingerprint density at radius 3 is 2.09 bits per heavy atom. The van der Waals surface area contributed by atoms with E-state index in [-0.39, 0.29) is 41.4 Å². The summed E-state index contributed by atoms with van der Waals surface area (Å²) in [4.78, 5) is 42.9. The van der Waals surface area contributed by atoms with Gasteiger partial charge in [0.2, 0.25) is 17.7 Å². The number of allylic oxidation sites excluding steroid dienone is 2. The lowest BCUT2D eigenvalue weighted by Gasteiger charge is -2.38. The van der Waals surface area contributed by atoms with E-state index < -0.39 is 12.1 Å². The zero-order valence-electron chi connectivity index (χ0n) is 19.0. The van der Waals surface area contributed by atoms with E-state index in [1.54, 1.807) is 4.90 Å². The van der Waals surface area contributed by atoms with Gasteiger partial charge >= 0.3 is 0 Å². The van der Waals surface area contributed by atoms with Crippen LogP contribution in [0.4, 0.5) is 0 Å². The van der Waals surface area contributed by atoms with E-state index in [4.69, 9.17) is 0 Å². The molecule has 4 atom stereocenters. The number of benzene rings is 1. The van der Waals surface area contributed by atoms with E-state index in [1.165, 1.54) is 4.90 Å². The van der Waals surface area contributed by atoms with Gasteiger partial charge in [-0.05, 0) is 49.5 Å². The summed E-state index contributed by atoms with van der Waals surface area (Å²) < 4.78 is 0. The number of carbonyl (C=O) groups excluding carboxylic acids is 3. The van der Waals surface area contributed by atoms with Crippen molar-refractivity contribution in [2.24, 2.45) is 23.7 Å². The Morgan fingerprint density at radius 1 is 1.00 bits per heavy atom. The first kappa shape index (κ1) is 22.7. The number of hydrogen-bond acceptors (Lipinski definition) is 4. The molecule has 4 unspecified atom stereocenters. The molecule has 3 aliphatic rings. The van der Waals surface area contributed by atoms with Gasteiger partial charge in [0.25, 0.3) is 0 Å². The molecule has 0 saturated carbocycles. The van der Waals surface area contributed by atoms with Crippen molar-refractivity contribution < 1.29 is 19.5 Å². The fourth-order valence-electron chi connectivity index (χ4n) is 5.47. The van der Waals surface area contributed by atoms with Gasteiger partial charge in [0.1, 0.15) is 6.04 Å². The van der Waals surface area contributed by atoms with Crippen molar-refractivity contribution in [2.45, 2.75) is 58.1 Å². The summed E-state index contributed by atoms with van der Waals surface area (Å²) in [6.07, 6.45) is 6.44. The molecule has 1 N–H and O–H groups in total. The van der Waals surface area contributed by atoms with Crippen LogP contribution in [0.3, 0.4) is 0 Å². The van der Waals surface area contributed by atoms with Crippen LogP contribution >= 0.6 is 0 Å². The molecular weight excluding hydrogens is 404 g/mol. The highest BCUT2D eigenvalue weighted by Crippen LogP contribution is 2.38. The first-order valence-corrected chi connectivity index (χ1v) is 11.9. The molecule has 2 heterocycles. The second kappa shape index (κ2) is 9.57. The Bertz CT molecular complexity index is 847. The lowest BCUT2D eigenvalue weighted by molar-refractivity contribution is -0.153. The minimum atomic E-state index is -0.726. The van der Waals surface area contributed by atoms with E-state index in [9.17, 15) is 19.5 Å². The molecule has 0 aromatic heterocycles. The Hall–Kier alpha value is -2.47. The molecule has 0 bridgehead atoms. The maximum atomic E-state index is 13.6. The lowest BCUT2D eigenvalue weighted by Crippen LogP contribution is -2.53. The topological polar surface area (TPSA) is 77.9 Å². The van der Waals surface area contributed by atoms with Gasteiger partial charge in [-0.25, -0.2) is 0 Å². The second-order valence-corrected chi connectivity index (χ2v) is 9.87. The van der Waals surface area contributed by atoms with Crippen molar-refractivity contribution in [2.75, 3.05) is 13.1 Å². The third kappa shape index (κ3) is 4.38. The van der Waals surface area contributed by atoms with Crippen LogP contribution in [0.1, 0.15) is 57.6 Å². The Balaban J connectivity index is 1.45. The fourth-order valence-corrected chi connectivity index (χ4v) is 5.47. The molecule has 172 valence electrons. The van der Waals surface area contributed by atoms with Gasteiger partial charge in [-0.1, -0.05) is 56.3 Å². The summed E-state index contributed by atoms with van der Waals surface area (Å²) in [5, 5.41) is 10.8. The average Bonchev–Trinajstić information content (AvgIpc) is 3.07. The molecule has 1 aromatic rings. The number of imide groups is 1. The largest absolute Gasteiger partial charge is 0.388 e. The maximum Gasteiger partial charge on any atom is 0.245 e. The second-order valence-electron chi connectivity index (χ2n) is 9.87. The predicted molar refractivity (Wildman–Crippen MR) is 121 cm³/mol. The zero-order chi connectivity index (χ0) is 22.8. The number of aliphatic hydroxyl groups is 1. The highest BCUT2D eigenvalue weighted by atomic mass is 16.3. The number of hydrogen-bond donors (Lipinski definition) is 1. The van der Waals surface area contributed by atoms with Crippen molar-refractivity contribution in [1.82, 2.24) is 9.80 Å². The number of aliphatic hydroxyl groups excluding tert-OH is 1. The fraction of sp³-hybridized carbons (Fsp3) is 0.577. The molecule has 1 aliphatic carbocycles. The Morgan fingerprint density at radius 2 is 1.56 bits per heavy atom. The van der Waals surface area contributed by atoms with Gasteiger partial charge in [0, 0.05) is 13.1 Å². The minimum absolute atomic E-state index is 0.0917. The summed E-state index contributed by atoms with van der Waals surface area (Å²) in [7, 11) is 0. The standard InChI is InChI=1S/C26H34N2O4/c1-17(2)16-22(28-24(30)20-10-6-7-11-21(20)25(28)31)26(32)27-14-12-19(13-15-27)23(29)18-8-4-3-5-9-18/h3-9,17,19-23,29H,10-16H2,1-2H3. The molecule has 0 spiro atoms. The SMILES string of the molecule is CC(C)CC(C(=O)N1CCC(C(O)c2ccccc2)CC1)N1C(=O)C2CC=CCC2C1=O. The first-order chi connectivity index (χ1) is 15.4. The third-order valence-corrected chi connectivity index (χ3v) is 7.27. The first-order valence-electron chi connectivity index (χ1n) is 11.9. The molecule has 2 fully saturated rings. The normalized spacial score (nSPS) is 25.9. The van der Waals surface area contributed by atoms with E-state index in [0.29, 0.717) is 45.2 Å². The summed E-state index contributed by atoms with van der Waals surface area (Å²) in [6, 6.07) is 8.91. The van der Waals surface area contributed by atoms with Crippen molar-refractivity contribution >= 4 is 17.7 Å². The average molecular weight is 439 g/mol. The van der Waals surface area contributed by atoms with E-state index in [0.717, 1.165) is 5.56 Å². The summed E-state index contributed by atoms with van der Waals surface area (Å²) >= 11 is 0. The molecule has 2 saturated heterocycles. The van der Waals surface area contributed by atoms with Gasteiger partial charge in [-0.15, -0.1) is 0 Å². The summed E-state index contributed by atoms with van der Waals surface area (Å²) in [6.45, 7) is 5.10. The van der Waals surface area contributed by atoms with Crippen molar-refractivity contribution in [3.05, 3.63) is 48.0 Å². The number of rotatable bonds is 6. The van der Waals surface area contributed by atoms with Gasteiger partial charge in [0.05, 0.1) is 17.9 Å². The van der Waals surface area contributed by atoms with Crippen molar-refractivity contribution in [3.63, 3.8) is 0 Å². The number of fused-ring (bicyclic) bond motifs is 1. The van der Waals surface area contributed by atoms with Crippen LogP contribution in [0.2, 0.25) is 0 Å². The third-order valence-electron chi connectivity index (χ3n) is 7.27. The number of carbonyl (C=O) groups is 3. The predicted octanol–water partition coefficient (Wildman–Crippen LogP) is 3.32. The molecule has 32 heavy (non-hydrogen) atoms.